The molecular weight excluding hydrogens is 833 g/mol. The second-order valence-electron chi connectivity index (χ2n) is 13.6. The Morgan fingerprint density at radius 1 is 0.804 bits per heavy atom. The molecule has 0 saturated carbocycles. The van der Waals surface area contributed by atoms with E-state index in [0.29, 0.717) is 50.9 Å². The summed E-state index contributed by atoms with van der Waals surface area (Å²) in [7, 11) is -3.77. The van der Waals surface area contributed by atoms with Crippen molar-refractivity contribution in [2.75, 3.05) is 23.5 Å². The van der Waals surface area contributed by atoms with Gasteiger partial charge in [0.15, 0.2) is 0 Å². The third-order valence-corrected chi connectivity index (χ3v) is 13.5. The molecule has 0 aromatic heterocycles. The van der Waals surface area contributed by atoms with Crippen LogP contribution in [0.2, 0.25) is 20.1 Å². The largest absolute Gasteiger partial charge is 0.362 e. The van der Waals surface area contributed by atoms with E-state index in [0.717, 1.165) is 31.0 Å². The maximum Gasteiger partial charge on any atom is 0.362 e. The number of carbonyl (C=O) groups excluding carboxylic acids is 2. The van der Waals surface area contributed by atoms with Crippen molar-refractivity contribution in [2.24, 2.45) is 4.99 Å². The average Bonchev–Trinajstić information content (AvgIpc) is 3.46. The molecule has 3 aromatic rings. The van der Waals surface area contributed by atoms with Crippen molar-refractivity contribution < 1.29 is 23.2 Å². The van der Waals surface area contributed by atoms with E-state index in [1.165, 1.54) is 68.5 Å². The summed E-state index contributed by atoms with van der Waals surface area (Å²) in [6.07, 6.45) is 14.9. The number of nitrogens with one attached hydrogen (secondary N) is 2. The molecule has 1 atom stereocenters. The van der Waals surface area contributed by atoms with Gasteiger partial charge in [-0.15, -0.1) is 11.8 Å². The van der Waals surface area contributed by atoms with Gasteiger partial charge < -0.3 is 14.4 Å². The molecule has 0 radical (unpaired) electrons. The normalized spacial score (nSPS) is 15.1. The van der Waals surface area contributed by atoms with Gasteiger partial charge in [-0.2, -0.15) is 0 Å². The van der Waals surface area contributed by atoms with Crippen molar-refractivity contribution in [3.8, 4) is 0 Å². The van der Waals surface area contributed by atoms with Crippen LogP contribution in [0.15, 0.2) is 64.5 Å². The Morgan fingerprint density at radius 2 is 1.39 bits per heavy atom. The van der Waals surface area contributed by atoms with E-state index in [1.54, 1.807) is 42.5 Å². The number of nitrogens with zero attached hydrogens (tertiary/aromatic N) is 2. The molecule has 2 amide bonds. The van der Waals surface area contributed by atoms with Gasteiger partial charge in [0.05, 0.1) is 39.3 Å². The predicted octanol–water partition coefficient (Wildman–Crippen LogP) is 13.4. The third kappa shape index (κ3) is 13.7. The number of aliphatic imine (C=N–C) groups is 1. The number of carbonyl (C=O) groups is 2. The molecule has 1 fully saturated rings. The van der Waals surface area contributed by atoms with Crippen LogP contribution in [-0.2, 0) is 23.2 Å². The SMILES string of the molecule is CCCCCCCCCCCCCC(=O)Nc1ccc(Cl)c(N=C2NN(c3c(Cl)cc(Cl)cc3Cl)C(=O)C2Sc2ccccc2P(=O)(OCCC)OCCC)c1. The summed E-state index contributed by atoms with van der Waals surface area (Å²) in [5, 5.41) is 4.38. The number of anilines is 2. The summed E-state index contributed by atoms with van der Waals surface area (Å²) >= 11 is 27.2. The van der Waals surface area contributed by atoms with Crippen LogP contribution in [-0.4, -0.2) is 36.1 Å². The number of hydrogen-bond donors (Lipinski definition) is 2. The van der Waals surface area contributed by atoms with Crippen LogP contribution in [0.5, 0.6) is 0 Å². The molecule has 3 aromatic carbocycles. The molecule has 0 spiro atoms. The summed E-state index contributed by atoms with van der Waals surface area (Å²) in [5.74, 6) is -0.359. The Kier molecular flexibility index (Phi) is 19.9. The van der Waals surface area contributed by atoms with Crippen molar-refractivity contribution in [3.05, 3.63) is 74.7 Å². The molecule has 4 rings (SSSR count). The second-order valence-corrected chi connectivity index (χ2v) is 18.4. The lowest BCUT2D eigenvalue weighted by Crippen LogP contribution is -2.36. The van der Waals surface area contributed by atoms with E-state index in [-0.39, 0.29) is 40.7 Å². The maximum atomic E-state index is 14.3. The average molecular weight is 887 g/mol. The number of thioether (sulfide) groups is 1. The van der Waals surface area contributed by atoms with E-state index in [2.05, 4.69) is 17.7 Å². The fourth-order valence-electron chi connectivity index (χ4n) is 6.06. The molecule has 306 valence electrons. The van der Waals surface area contributed by atoms with Gasteiger partial charge in [-0.05, 0) is 61.7 Å². The van der Waals surface area contributed by atoms with Crippen LogP contribution in [0.1, 0.15) is 111 Å². The number of rotatable bonds is 24. The first kappa shape index (κ1) is 46.4. The first-order valence-electron chi connectivity index (χ1n) is 19.6. The van der Waals surface area contributed by atoms with Gasteiger partial charge in [0, 0.05) is 22.0 Å². The van der Waals surface area contributed by atoms with Crippen LogP contribution in [0.4, 0.5) is 17.1 Å². The summed E-state index contributed by atoms with van der Waals surface area (Å²) in [6, 6.07) is 14.9. The van der Waals surface area contributed by atoms with Crippen LogP contribution in [0, 0.1) is 0 Å². The fraction of sp³-hybridized carbons (Fsp3) is 0.488. The Bertz CT molecular complexity index is 1820. The molecule has 1 saturated heterocycles. The van der Waals surface area contributed by atoms with Crippen molar-refractivity contribution in [3.63, 3.8) is 0 Å². The van der Waals surface area contributed by atoms with Gasteiger partial charge in [0.25, 0.3) is 5.91 Å². The molecular formula is C41H53Cl4N4O5PS. The van der Waals surface area contributed by atoms with Crippen LogP contribution >= 0.6 is 65.8 Å². The van der Waals surface area contributed by atoms with Gasteiger partial charge >= 0.3 is 7.60 Å². The number of benzene rings is 3. The van der Waals surface area contributed by atoms with E-state index >= 15 is 0 Å². The summed E-state index contributed by atoms with van der Waals surface area (Å²) < 4.78 is 26.0. The highest BCUT2D eigenvalue weighted by molar-refractivity contribution is 8.02. The molecule has 56 heavy (non-hydrogen) atoms. The van der Waals surface area contributed by atoms with Crippen molar-refractivity contribution in [2.45, 2.75) is 121 Å². The molecule has 1 heterocycles. The lowest BCUT2D eigenvalue weighted by molar-refractivity contribution is -0.117. The van der Waals surface area contributed by atoms with Crippen molar-refractivity contribution in [1.29, 1.82) is 0 Å². The molecule has 1 aliphatic heterocycles. The number of amidine groups is 1. The fourth-order valence-corrected chi connectivity index (χ4v) is 10.5. The van der Waals surface area contributed by atoms with Gasteiger partial charge in [0.2, 0.25) is 5.91 Å². The minimum absolute atomic E-state index is 0.0979. The summed E-state index contributed by atoms with van der Waals surface area (Å²) in [5.41, 5.74) is 4.09. The zero-order valence-corrected chi connectivity index (χ0v) is 37.1. The Balaban J connectivity index is 1.55. The van der Waals surface area contributed by atoms with Crippen molar-refractivity contribution >= 4 is 106 Å². The highest BCUT2D eigenvalue weighted by atomic mass is 35.5. The number of unbranched alkanes of at least 4 members (excludes halogenated alkanes) is 10. The monoisotopic (exact) mass is 884 g/mol. The highest BCUT2D eigenvalue weighted by Gasteiger charge is 2.42. The van der Waals surface area contributed by atoms with Gasteiger partial charge in [-0.3, -0.25) is 19.6 Å². The number of hydrazine groups is 1. The quantitative estimate of drug-likeness (QED) is 0.0681. The van der Waals surface area contributed by atoms with Gasteiger partial charge in [0.1, 0.15) is 16.8 Å². The van der Waals surface area contributed by atoms with Crippen LogP contribution in [0.3, 0.4) is 0 Å². The predicted molar refractivity (Wildman–Crippen MR) is 236 cm³/mol. The van der Waals surface area contributed by atoms with Crippen LogP contribution < -0.4 is 21.1 Å². The minimum atomic E-state index is -3.77. The number of hydrogen-bond acceptors (Lipinski definition) is 7. The summed E-state index contributed by atoms with van der Waals surface area (Å²) in [4.78, 5) is 32.6. The van der Waals surface area contributed by atoms with Crippen molar-refractivity contribution in [1.82, 2.24) is 5.43 Å². The Morgan fingerprint density at radius 3 is 2.00 bits per heavy atom. The Hall–Kier alpha value is -2.27. The minimum Gasteiger partial charge on any atom is -0.326 e. The van der Waals surface area contributed by atoms with E-state index in [1.807, 2.05) is 13.8 Å². The zero-order valence-electron chi connectivity index (χ0n) is 32.4. The standard InChI is InChI=1S/C41H53Cl4N4O5PS/c1-4-7-8-9-10-11-12-13-14-15-16-21-37(50)46-30-22-23-31(43)34(28-30)47-40-39(41(51)49(48-40)38-32(44)26-29(42)27-33(38)45)56-36-20-18-17-19-35(36)55(52,53-24-5-2)54-25-6-3/h17-20,22-23,26-28,39H,4-16,21,24-25H2,1-3H3,(H,46,50)(H,47,48). The lowest BCUT2D eigenvalue weighted by Gasteiger charge is -2.21. The summed E-state index contributed by atoms with van der Waals surface area (Å²) in [6.45, 7) is 6.53. The molecule has 15 heteroatoms. The first-order chi connectivity index (χ1) is 27.0. The first-order valence-corrected chi connectivity index (χ1v) is 23.5. The van der Waals surface area contributed by atoms with Gasteiger partial charge in [-0.25, -0.2) is 10.0 Å². The van der Waals surface area contributed by atoms with E-state index < -0.39 is 18.8 Å². The molecule has 0 aliphatic carbocycles. The molecule has 1 unspecified atom stereocenters. The molecule has 2 N–H and O–H groups in total. The third-order valence-electron chi connectivity index (χ3n) is 8.94. The molecule has 1 aliphatic rings. The topological polar surface area (TPSA) is 109 Å². The highest BCUT2D eigenvalue weighted by Crippen LogP contribution is 2.50. The molecule has 9 nitrogen and oxygen atoms in total. The van der Waals surface area contributed by atoms with E-state index in [9.17, 15) is 14.2 Å². The number of halogens is 4. The number of amides is 2. The maximum absolute atomic E-state index is 14.3. The smallest absolute Gasteiger partial charge is 0.326 e. The second kappa shape index (κ2) is 24.0. The lowest BCUT2D eigenvalue weighted by atomic mass is 10.1. The van der Waals surface area contributed by atoms with Crippen LogP contribution in [0.25, 0.3) is 0 Å². The Labute approximate surface area is 356 Å². The zero-order chi connectivity index (χ0) is 40.5. The van der Waals surface area contributed by atoms with Gasteiger partial charge in [-0.1, -0.05) is 144 Å². The molecule has 0 bridgehead atoms. The van der Waals surface area contributed by atoms with E-state index in [4.69, 9.17) is 60.4 Å².